The molecule has 0 fully saturated rings. The van der Waals surface area contributed by atoms with Gasteiger partial charge in [-0.1, -0.05) is 30.3 Å². The lowest BCUT2D eigenvalue weighted by molar-refractivity contribution is -0.117. The van der Waals surface area contributed by atoms with Gasteiger partial charge in [0.25, 0.3) is 0 Å². The summed E-state index contributed by atoms with van der Waals surface area (Å²) in [6.45, 7) is 1.97. The molecule has 4 aromatic rings. The average molecular weight is 541 g/mol. The zero-order valence-corrected chi connectivity index (χ0v) is 21.5. The molecule has 1 unspecified atom stereocenters. The first kappa shape index (κ1) is 25.9. The maximum atomic E-state index is 13.6. The second kappa shape index (κ2) is 10.9. The highest BCUT2D eigenvalue weighted by atomic mass is 32.2. The van der Waals surface area contributed by atoms with Crippen molar-refractivity contribution in [2.75, 3.05) is 11.9 Å². The first-order valence-corrected chi connectivity index (χ1v) is 13.0. The van der Waals surface area contributed by atoms with Crippen molar-refractivity contribution < 1.29 is 23.5 Å². The zero-order valence-electron chi connectivity index (χ0n) is 20.7. The fraction of sp³-hybridized carbons (Fsp3) is 0.138. The number of aromatic nitrogens is 2. The Hall–Kier alpha value is -4.75. The number of anilines is 1. The third kappa shape index (κ3) is 4.92. The van der Waals surface area contributed by atoms with Gasteiger partial charge in [-0.2, -0.15) is 10.4 Å². The van der Waals surface area contributed by atoms with Gasteiger partial charge in [0.15, 0.2) is 5.92 Å². The molecule has 0 bridgehead atoms. The van der Waals surface area contributed by atoms with Crippen LogP contribution in [0.1, 0.15) is 33.3 Å². The van der Waals surface area contributed by atoms with Crippen LogP contribution in [0.2, 0.25) is 0 Å². The molecule has 1 amide bonds. The smallest absolute Gasteiger partial charge is 0.339 e. The lowest BCUT2D eigenvalue weighted by Crippen LogP contribution is -2.29. The Bertz CT molecular complexity index is 1630. The fourth-order valence-electron chi connectivity index (χ4n) is 4.33. The number of amides is 1. The van der Waals surface area contributed by atoms with Crippen molar-refractivity contribution in [2.45, 2.75) is 17.6 Å². The van der Waals surface area contributed by atoms with E-state index in [9.17, 15) is 24.0 Å². The second-order valence-electron chi connectivity index (χ2n) is 8.54. The van der Waals surface area contributed by atoms with Crippen LogP contribution in [-0.2, 0) is 15.3 Å². The van der Waals surface area contributed by atoms with Crippen molar-refractivity contribution in [2.24, 2.45) is 5.92 Å². The zero-order chi connectivity index (χ0) is 27.5. The third-order valence-corrected chi connectivity index (χ3v) is 7.27. The summed E-state index contributed by atoms with van der Waals surface area (Å²) in [6, 6.07) is 21.2. The number of para-hydroxylation sites is 1. The molecule has 1 aromatic heterocycles. The minimum atomic E-state index is -1.68. The number of nitrogens with one attached hydrogen (secondary N) is 1. The number of Topliss-reactive ketones (excluding diaryl/α,β-unsaturated/α-hetero) is 1. The van der Waals surface area contributed by atoms with Crippen LogP contribution in [0.5, 0.6) is 0 Å². The average Bonchev–Trinajstić information content (AvgIpc) is 3.35. The molecule has 2 heterocycles. The van der Waals surface area contributed by atoms with Crippen molar-refractivity contribution in [3.05, 3.63) is 95.4 Å². The summed E-state index contributed by atoms with van der Waals surface area (Å²) in [5, 5.41) is 16.9. The number of ketones is 1. The summed E-state index contributed by atoms with van der Waals surface area (Å²) < 4.78 is 20.1. The Labute approximate surface area is 227 Å². The van der Waals surface area contributed by atoms with Crippen LogP contribution in [0.15, 0.2) is 77.7 Å². The number of halogens is 1. The number of fused-ring (bicyclic) bond motifs is 3. The monoisotopic (exact) mass is 540 g/mol. The SMILES string of the molecule is CCOC(=O)c1cccc2c1SCc1c(C(=O)C(C#N)C(=O)Nc3ccc(F)cc3)nn(-c3ccccc3)c1-2. The quantitative estimate of drug-likeness (QED) is 0.189. The van der Waals surface area contributed by atoms with Gasteiger partial charge in [0, 0.05) is 27.5 Å². The highest BCUT2D eigenvalue weighted by molar-refractivity contribution is 7.98. The Balaban J connectivity index is 1.60. The molecule has 10 heteroatoms. The van der Waals surface area contributed by atoms with E-state index >= 15 is 0 Å². The molecular weight excluding hydrogens is 519 g/mol. The molecule has 0 spiro atoms. The number of nitriles is 1. The molecule has 1 aliphatic rings. The van der Waals surface area contributed by atoms with Gasteiger partial charge < -0.3 is 10.1 Å². The predicted octanol–water partition coefficient (Wildman–Crippen LogP) is 5.42. The van der Waals surface area contributed by atoms with Crippen LogP contribution in [0.4, 0.5) is 10.1 Å². The number of hydrogen-bond acceptors (Lipinski definition) is 7. The topological polar surface area (TPSA) is 114 Å². The van der Waals surface area contributed by atoms with Gasteiger partial charge in [0.05, 0.1) is 29.6 Å². The van der Waals surface area contributed by atoms with Crippen LogP contribution in [-0.4, -0.2) is 34.0 Å². The highest BCUT2D eigenvalue weighted by Gasteiger charge is 2.36. The maximum absolute atomic E-state index is 13.6. The van der Waals surface area contributed by atoms with Gasteiger partial charge in [-0.3, -0.25) is 9.59 Å². The number of carbonyl (C=O) groups is 3. The van der Waals surface area contributed by atoms with E-state index < -0.39 is 29.4 Å². The molecule has 194 valence electrons. The number of benzene rings is 3. The summed E-state index contributed by atoms with van der Waals surface area (Å²) in [4.78, 5) is 39.9. The molecule has 0 radical (unpaired) electrons. The molecule has 0 saturated carbocycles. The van der Waals surface area contributed by atoms with Crippen molar-refractivity contribution in [1.29, 1.82) is 5.26 Å². The van der Waals surface area contributed by atoms with E-state index in [0.29, 0.717) is 33.0 Å². The van der Waals surface area contributed by atoms with Crippen LogP contribution in [0.3, 0.4) is 0 Å². The molecule has 1 aliphatic heterocycles. The van der Waals surface area contributed by atoms with E-state index in [2.05, 4.69) is 10.4 Å². The van der Waals surface area contributed by atoms with Crippen molar-refractivity contribution in [1.82, 2.24) is 9.78 Å². The van der Waals surface area contributed by atoms with E-state index in [1.807, 2.05) is 36.4 Å². The van der Waals surface area contributed by atoms with Crippen LogP contribution in [0, 0.1) is 23.1 Å². The van der Waals surface area contributed by atoms with E-state index in [4.69, 9.17) is 4.74 Å². The molecular formula is C29H21FN4O4S. The summed E-state index contributed by atoms with van der Waals surface area (Å²) in [5.74, 6) is -3.93. The minimum absolute atomic E-state index is 0.00523. The number of rotatable bonds is 7. The second-order valence-corrected chi connectivity index (χ2v) is 9.52. The van der Waals surface area contributed by atoms with E-state index in [0.717, 1.165) is 12.1 Å². The molecule has 5 rings (SSSR count). The van der Waals surface area contributed by atoms with Gasteiger partial charge in [0.1, 0.15) is 11.5 Å². The standard InChI is InChI=1S/C29H21FN4O4S/c1-2-38-29(37)21-10-6-9-20-25-23(16-39-27(20)21)24(33-34(25)19-7-4-3-5-8-19)26(35)22(15-31)28(36)32-18-13-11-17(30)12-14-18/h3-14,22H,2,16H2,1H3,(H,32,36). The largest absolute Gasteiger partial charge is 0.462 e. The van der Waals surface area contributed by atoms with Crippen LogP contribution >= 0.6 is 11.8 Å². The normalized spacial score (nSPS) is 12.4. The van der Waals surface area contributed by atoms with Crippen LogP contribution in [0.25, 0.3) is 16.9 Å². The summed E-state index contributed by atoms with van der Waals surface area (Å²) >= 11 is 1.36. The molecule has 3 aromatic carbocycles. The van der Waals surface area contributed by atoms with E-state index in [1.54, 1.807) is 29.8 Å². The molecule has 1 atom stereocenters. The Morgan fingerprint density at radius 1 is 1.10 bits per heavy atom. The first-order chi connectivity index (χ1) is 18.9. The predicted molar refractivity (Wildman–Crippen MR) is 143 cm³/mol. The number of ether oxygens (including phenoxy) is 1. The van der Waals surface area contributed by atoms with Gasteiger partial charge in [-0.15, -0.1) is 11.8 Å². The number of nitrogens with zero attached hydrogens (tertiary/aromatic N) is 3. The van der Waals surface area contributed by atoms with Crippen molar-refractivity contribution in [3.63, 3.8) is 0 Å². The maximum Gasteiger partial charge on any atom is 0.339 e. The number of thioether (sulfide) groups is 1. The van der Waals surface area contributed by atoms with Crippen molar-refractivity contribution in [3.8, 4) is 23.0 Å². The lowest BCUT2D eigenvalue weighted by Gasteiger charge is -2.20. The first-order valence-electron chi connectivity index (χ1n) is 12.0. The molecule has 39 heavy (non-hydrogen) atoms. The van der Waals surface area contributed by atoms with Gasteiger partial charge in [-0.25, -0.2) is 13.9 Å². The highest BCUT2D eigenvalue weighted by Crippen LogP contribution is 2.45. The third-order valence-electron chi connectivity index (χ3n) is 6.11. The number of hydrogen-bond donors (Lipinski definition) is 1. The molecule has 0 aliphatic carbocycles. The van der Waals surface area contributed by atoms with Gasteiger partial charge >= 0.3 is 5.97 Å². The Morgan fingerprint density at radius 2 is 1.85 bits per heavy atom. The fourth-order valence-corrected chi connectivity index (χ4v) is 5.52. The molecule has 8 nitrogen and oxygen atoms in total. The molecule has 1 N–H and O–H groups in total. The van der Waals surface area contributed by atoms with Crippen LogP contribution < -0.4 is 5.32 Å². The van der Waals surface area contributed by atoms with E-state index in [1.165, 1.54) is 23.9 Å². The summed E-state index contributed by atoms with van der Waals surface area (Å²) in [5.41, 5.74) is 3.16. The lowest BCUT2D eigenvalue weighted by atomic mass is 9.96. The number of carbonyl (C=O) groups excluding carboxylic acids is 3. The van der Waals surface area contributed by atoms with Gasteiger partial charge in [-0.05, 0) is 49.4 Å². The van der Waals surface area contributed by atoms with Crippen molar-refractivity contribution >= 4 is 35.1 Å². The summed E-state index contributed by atoms with van der Waals surface area (Å²) in [7, 11) is 0. The Kier molecular flexibility index (Phi) is 7.25. The van der Waals surface area contributed by atoms with E-state index in [-0.39, 0.29) is 23.7 Å². The summed E-state index contributed by atoms with van der Waals surface area (Å²) in [6.07, 6.45) is 0. The number of esters is 1. The minimum Gasteiger partial charge on any atom is -0.462 e. The Morgan fingerprint density at radius 3 is 2.54 bits per heavy atom. The van der Waals surface area contributed by atoms with Gasteiger partial charge in [0.2, 0.25) is 11.7 Å². The molecule has 0 saturated heterocycles.